The molecule has 0 atom stereocenters. The van der Waals surface area contributed by atoms with Crippen LogP contribution in [0.1, 0.15) is 87.8 Å². The maximum atomic E-state index is 2.56. The molecule has 8 aromatic rings. The average molecular weight is 774 g/mol. The van der Waals surface area contributed by atoms with Crippen LogP contribution in [0.15, 0.2) is 176 Å². The Morgan fingerprint density at radius 3 is 1.50 bits per heavy atom. The molecule has 11 rings (SSSR count). The zero-order valence-corrected chi connectivity index (χ0v) is 35.6. The Labute approximate surface area is 356 Å². The maximum Gasteiger partial charge on any atom is 0.0540 e. The third kappa shape index (κ3) is 4.99. The first-order chi connectivity index (χ1) is 29.2. The second-order valence-electron chi connectivity index (χ2n) is 18.3. The summed E-state index contributed by atoms with van der Waals surface area (Å²) in [6.07, 6.45) is 2.13. The van der Waals surface area contributed by atoms with Crippen molar-refractivity contribution >= 4 is 17.1 Å². The van der Waals surface area contributed by atoms with Crippen molar-refractivity contribution in [1.82, 2.24) is 0 Å². The third-order valence-corrected chi connectivity index (χ3v) is 14.8. The molecule has 3 aliphatic carbocycles. The van der Waals surface area contributed by atoms with Crippen LogP contribution in [-0.2, 0) is 16.2 Å². The lowest BCUT2D eigenvalue weighted by Crippen LogP contribution is -2.23. The highest BCUT2D eigenvalue weighted by molar-refractivity contribution is 6.01. The van der Waals surface area contributed by atoms with Crippen LogP contribution in [0.4, 0.5) is 17.1 Å². The molecular weight excluding hydrogens is 723 g/mol. The van der Waals surface area contributed by atoms with Crippen LogP contribution >= 0.6 is 0 Å². The second-order valence-corrected chi connectivity index (χ2v) is 18.3. The van der Waals surface area contributed by atoms with Crippen LogP contribution in [0.3, 0.4) is 0 Å². The summed E-state index contributed by atoms with van der Waals surface area (Å²) >= 11 is 0. The molecule has 292 valence electrons. The normalized spacial score (nSPS) is 15.4. The first-order valence-electron chi connectivity index (χ1n) is 21.9. The van der Waals surface area contributed by atoms with E-state index in [0.717, 1.165) is 29.9 Å². The second kappa shape index (κ2) is 13.3. The Balaban J connectivity index is 1.17. The molecule has 0 N–H and O–H groups in total. The van der Waals surface area contributed by atoms with Gasteiger partial charge in [0.15, 0.2) is 0 Å². The fourth-order valence-corrected chi connectivity index (χ4v) is 11.7. The van der Waals surface area contributed by atoms with E-state index in [-0.39, 0.29) is 16.2 Å². The largest absolute Gasteiger partial charge is 0.309 e. The molecule has 60 heavy (non-hydrogen) atoms. The fourth-order valence-electron chi connectivity index (χ4n) is 11.7. The van der Waals surface area contributed by atoms with Crippen molar-refractivity contribution in [3.05, 3.63) is 209 Å². The van der Waals surface area contributed by atoms with Crippen LogP contribution in [0.2, 0.25) is 0 Å². The van der Waals surface area contributed by atoms with Gasteiger partial charge in [0.2, 0.25) is 0 Å². The Hall–Kier alpha value is -6.44. The van der Waals surface area contributed by atoms with Crippen LogP contribution in [0, 0.1) is 0 Å². The minimum Gasteiger partial charge on any atom is -0.309 e. The van der Waals surface area contributed by atoms with Crippen molar-refractivity contribution < 1.29 is 0 Å². The van der Waals surface area contributed by atoms with E-state index in [1.54, 1.807) is 0 Å². The van der Waals surface area contributed by atoms with Gasteiger partial charge in [-0.05, 0) is 121 Å². The molecule has 0 saturated carbocycles. The van der Waals surface area contributed by atoms with Gasteiger partial charge in [-0.2, -0.15) is 0 Å². The van der Waals surface area contributed by atoms with E-state index in [1.165, 1.54) is 89.0 Å². The molecule has 0 heterocycles. The van der Waals surface area contributed by atoms with E-state index in [0.29, 0.717) is 0 Å². The molecule has 3 aliphatic rings. The van der Waals surface area contributed by atoms with Gasteiger partial charge in [0, 0.05) is 33.1 Å². The molecular formula is C59H51N. The number of rotatable bonds is 7. The van der Waals surface area contributed by atoms with Crippen molar-refractivity contribution in [2.24, 2.45) is 0 Å². The first kappa shape index (κ1) is 36.6. The van der Waals surface area contributed by atoms with E-state index in [1.807, 2.05) is 0 Å². The lowest BCUT2D eigenvalue weighted by atomic mass is 9.74. The zero-order valence-electron chi connectivity index (χ0n) is 35.6. The molecule has 0 aliphatic heterocycles. The standard InChI is InChI=1S/C59H51N/c1-7-59(8-2)51-28-16-10-22-42(51)47-37-39(33-35-52(47)59)60(54-30-17-12-20-40(54)38-32-34-50-46(36-38)41-21-9-14-26-48(41)57(50,3)4)55-31-18-13-23-43(55)44-25-19-29-53-56(44)45-24-11-15-27-49(45)58(53,5)6/h9-37H,7-8H2,1-6H3. The van der Waals surface area contributed by atoms with Crippen molar-refractivity contribution in [1.29, 1.82) is 0 Å². The molecule has 0 spiro atoms. The zero-order chi connectivity index (χ0) is 41.0. The van der Waals surface area contributed by atoms with E-state index < -0.39 is 0 Å². The van der Waals surface area contributed by atoms with E-state index in [9.17, 15) is 0 Å². The van der Waals surface area contributed by atoms with Crippen LogP contribution < -0.4 is 4.90 Å². The lowest BCUT2D eigenvalue weighted by Gasteiger charge is -2.32. The molecule has 0 saturated heterocycles. The smallest absolute Gasteiger partial charge is 0.0540 e. The molecule has 0 aromatic heterocycles. The summed E-state index contributed by atoms with van der Waals surface area (Å²) < 4.78 is 0. The summed E-state index contributed by atoms with van der Waals surface area (Å²) in [4.78, 5) is 2.56. The number of anilines is 3. The molecule has 0 unspecified atom stereocenters. The predicted molar refractivity (Wildman–Crippen MR) is 254 cm³/mol. The van der Waals surface area contributed by atoms with E-state index in [2.05, 4.69) is 222 Å². The Morgan fingerprint density at radius 1 is 0.350 bits per heavy atom. The summed E-state index contributed by atoms with van der Waals surface area (Å²) in [5.41, 5.74) is 24.8. The SMILES string of the molecule is CCC1(CC)c2ccccc2-c2cc(N(c3ccccc3-c3ccc4c(c3)-c3ccccc3C4(C)C)c3ccccc3-c3cccc4c3-c3ccccc3C4(C)C)ccc21. The van der Waals surface area contributed by atoms with Crippen LogP contribution in [-0.4, -0.2) is 0 Å². The molecule has 0 fully saturated rings. The number of benzene rings is 8. The predicted octanol–water partition coefficient (Wildman–Crippen LogP) is 16.2. The van der Waals surface area contributed by atoms with Gasteiger partial charge >= 0.3 is 0 Å². The van der Waals surface area contributed by atoms with Gasteiger partial charge in [0.05, 0.1) is 11.4 Å². The quantitative estimate of drug-likeness (QED) is 0.156. The fraction of sp³-hybridized carbons (Fsp3) is 0.186. The van der Waals surface area contributed by atoms with Gasteiger partial charge in [0.25, 0.3) is 0 Å². The molecule has 1 heteroatoms. The van der Waals surface area contributed by atoms with Crippen molar-refractivity contribution in [3.63, 3.8) is 0 Å². The van der Waals surface area contributed by atoms with Crippen molar-refractivity contribution in [2.45, 2.75) is 70.6 Å². The molecule has 0 radical (unpaired) electrons. The molecule has 1 nitrogen and oxygen atoms in total. The van der Waals surface area contributed by atoms with E-state index in [4.69, 9.17) is 0 Å². The van der Waals surface area contributed by atoms with Crippen molar-refractivity contribution in [2.75, 3.05) is 4.90 Å². The number of para-hydroxylation sites is 2. The Kier molecular flexibility index (Phi) is 8.11. The first-order valence-corrected chi connectivity index (χ1v) is 21.9. The highest BCUT2D eigenvalue weighted by atomic mass is 15.1. The molecule has 0 bridgehead atoms. The summed E-state index contributed by atoms with van der Waals surface area (Å²) in [6.45, 7) is 14.2. The summed E-state index contributed by atoms with van der Waals surface area (Å²) in [7, 11) is 0. The summed E-state index contributed by atoms with van der Waals surface area (Å²) in [5, 5.41) is 0. The Morgan fingerprint density at radius 2 is 0.800 bits per heavy atom. The highest BCUT2D eigenvalue weighted by Crippen LogP contribution is 2.57. The average Bonchev–Trinajstić information content (AvgIpc) is 3.81. The van der Waals surface area contributed by atoms with Gasteiger partial charge in [-0.1, -0.05) is 187 Å². The Bertz CT molecular complexity index is 3030. The lowest BCUT2D eigenvalue weighted by molar-refractivity contribution is 0.490. The molecule has 8 aromatic carbocycles. The van der Waals surface area contributed by atoms with Crippen LogP contribution in [0.25, 0.3) is 55.6 Å². The minimum atomic E-state index is -0.0949. The van der Waals surface area contributed by atoms with Gasteiger partial charge in [0.1, 0.15) is 0 Å². The van der Waals surface area contributed by atoms with E-state index >= 15 is 0 Å². The summed E-state index contributed by atoms with van der Waals surface area (Å²) in [5.74, 6) is 0. The number of nitrogens with zero attached hydrogens (tertiary/aromatic N) is 1. The monoisotopic (exact) mass is 773 g/mol. The number of hydrogen-bond donors (Lipinski definition) is 0. The van der Waals surface area contributed by atoms with Gasteiger partial charge in [-0.25, -0.2) is 0 Å². The highest BCUT2D eigenvalue weighted by Gasteiger charge is 2.41. The number of fused-ring (bicyclic) bond motifs is 9. The van der Waals surface area contributed by atoms with Gasteiger partial charge in [-0.3, -0.25) is 0 Å². The van der Waals surface area contributed by atoms with Gasteiger partial charge in [-0.15, -0.1) is 0 Å². The molecule has 0 amide bonds. The summed E-state index contributed by atoms with van der Waals surface area (Å²) in [6, 6.07) is 66.8. The van der Waals surface area contributed by atoms with Crippen molar-refractivity contribution in [3.8, 4) is 55.6 Å². The topological polar surface area (TPSA) is 3.24 Å². The maximum absolute atomic E-state index is 2.56. The van der Waals surface area contributed by atoms with Crippen LogP contribution in [0.5, 0.6) is 0 Å². The number of hydrogen-bond acceptors (Lipinski definition) is 1. The minimum absolute atomic E-state index is 0.00434. The van der Waals surface area contributed by atoms with Gasteiger partial charge < -0.3 is 4.90 Å². The third-order valence-electron chi connectivity index (χ3n) is 14.8.